The molecule has 26 heavy (non-hydrogen) atoms. The first kappa shape index (κ1) is 17.7. The Bertz CT molecular complexity index is 834. The van der Waals surface area contributed by atoms with Crippen LogP contribution < -0.4 is 9.47 Å². The smallest absolute Gasteiger partial charge is 0.408 e. The van der Waals surface area contributed by atoms with Crippen molar-refractivity contribution in [2.45, 2.75) is 31.9 Å². The molecule has 0 unspecified atom stereocenters. The Morgan fingerprint density at radius 2 is 2.04 bits per heavy atom. The number of benzene rings is 1. The quantitative estimate of drug-likeness (QED) is 0.826. The number of carbonyl (C=O) groups is 2. The van der Waals surface area contributed by atoms with Gasteiger partial charge >= 0.3 is 12.1 Å². The maximum Gasteiger partial charge on any atom is 0.408 e. The van der Waals surface area contributed by atoms with Crippen LogP contribution >= 0.6 is 0 Å². The topological polar surface area (TPSA) is 122 Å². The molecule has 1 aliphatic rings. The lowest BCUT2D eigenvalue weighted by molar-refractivity contribution is -0.141. The van der Waals surface area contributed by atoms with E-state index in [1.807, 2.05) is 6.92 Å². The zero-order valence-corrected chi connectivity index (χ0v) is 14.4. The number of nitrogens with zero attached hydrogens (tertiary/aromatic N) is 3. The molecule has 2 heterocycles. The van der Waals surface area contributed by atoms with Gasteiger partial charge in [0.25, 0.3) is 0 Å². The number of aryl methyl sites for hydroxylation is 1. The monoisotopic (exact) mass is 361 g/mol. The molecule has 1 aromatic carbocycles. The van der Waals surface area contributed by atoms with Gasteiger partial charge in [-0.05, 0) is 18.6 Å². The van der Waals surface area contributed by atoms with Crippen molar-refractivity contribution in [3.05, 3.63) is 23.9 Å². The fourth-order valence-corrected chi connectivity index (χ4v) is 2.99. The second kappa shape index (κ2) is 7.03. The van der Waals surface area contributed by atoms with E-state index in [4.69, 9.17) is 9.47 Å². The van der Waals surface area contributed by atoms with Crippen LogP contribution in [0.4, 0.5) is 4.79 Å². The maximum atomic E-state index is 11.3. The Balaban J connectivity index is 1.90. The SMILES string of the molecule is CCc1nc2ccc(OC)cc2nc1O[C@@H]1C[C@H](C(=O)O)N(C(=O)O)C1. The summed E-state index contributed by atoms with van der Waals surface area (Å²) in [4.78, 5) is 32.4. The summed E-state index contributed by atoms with van der Waals surface area (Å²) in [5, 5.41) is 18.4. The summed E-state index contributed by atoms with van der Waals surface area (Å²) in [6.07, 6.45) is -1.26. The normalized spacial score (nSPS) is 19.5. The minimum Gasteiger partial charge on any atom is -0.497 e. The van der Waals surface area contributed by atoms with Gasteiger partial charge in [0.1, 0.15) is 23.6 Å². The van der Waals surface area contributed by atoms with Crippen molar-refractivity contribution >= 4 is 23.1 Å². The van der Waals surface area contributed by atoms with Crippen LogP contribution in [0, 0.1) is 0 Å². The molecule has 1 amide bonds. The molecule has 1 fully saturated rings. The Labute approximate surface area is 149 Å². The average Bonchev–Trinajstić information content (AvgIpc) is 3.05. The molecule has 2 N–H and O–H groups in total. The van der Waals surface area contributed by atoms with E-state index in [-0.39, 0.29) is 18.8 Å². The molecular weight excluding hydrogens is 342 g/mol. The molecule has 1 saturated heterocycles. The summed E-state index contributed by atoms with van der Waals surface area (Å²) in [7, 11) is 1.55. The summed E-state index contributed by atoms with van der Waals surface area (Å²) in [5.74, 6) is -0.274. The van der Waals surface area contributed by atoms with Crippen LogP contribution in [0.15, 0.2) is 18.2 Å². The van der Waals surface area contributed by atoms with Crippen molar-refractivity contribution in [3.8, 4) is 11.6 Å². The molecule has 2 atom stereocenters. The molecule has 9 nitrogen and oxygen atoms in total. The lowest BCUT2D eigenvalue weighted by atomic mass is 10.2. The molecular formula is C17H19N3O6. The highest BCUT2D eigenvalue weighted by atomic mass is 16.5. The van der Waals surface area contributed by atoms with Gasteiger partial charge in [-0.15, -0.1) is 0 Å². The fraction of sp³-hybridized carbons (Fsp3) is 0.412. The largest absolute Gasteiger partial charge is 0.497 e. The van der Waals surface area contributed by atoms with Crippen LogP contribution in [-0.2, 0) is 11.2 Å². The van der Waals surface area contributed by atoms with Crippen LogP contribution in [0.3, 0.4) is 0 Å². The van der Waals surface area contributed by atoms with Crippen LogP contribution in [0.5, 0.6) is 11.6 Å². The van der Waals surface area contributed by atoms with Gasteiger partial charge in [-0.3, -0.25) is 4.90 Å². The third-order valence-electron chi connectivity index (χ3n) is 4.31. The van der Waals surface area contributed by atoms with Crippen molar-refractivity contribution in [1.82, 2.24) is 14.9 Å². The van der Waals surface area contributed by atoms with Gasteiger partial charge < -0.3 is 19.7 Å². The van der Waals surface area contributed by atoms with Crippen LogP contribution in [0.1, 0.15) is 19.0 Å². The van der Waals surface area contributed by atoms with Gasteiger partial charge in [-0.1, -0.05) is 6.92 Å². The second-order valence-corrected chi connectivity index (χ2v) is 5.95. The summed E-state index contributed by atoms with van der Waals surface area (Å²) in [6, 6.07) is 4.19. The first-order chi connectivity index (χ1) is 12.4. The van der Waals surface area contributed by atoms with E-state index in [1.54, 1.807) is 25.3 Å². The minimum absolute atomic E-state index is 0.0344. The van der Waals surface area contributed by atoms with E-state index in [9.17, 15) is 19.8 Å². The van der Waals surface area contributed by atoms with E-state index >= 15 is 0 Å². The predicted octanol–water partition coefficient (Wildman–Crippen LogP) is 1.79. The Hall–Kier alpha value is -3.10. The molecule has 1 aliphatic heterocycles. The molecule has 0 radical (unpaired) electrons. The van der Waals surface area contributed by atoms with E-state index in [2.05, 4.69) is 9.97 Å². The lowest BCUT2D eigenvalue weighted by Gasteiger charge is -2.17. The number of aliphatic carboxylic acids is 1. The van der Waals surface area contributed by atoms with Gasteiger partial charge in [0.15, 0.2) is 0 Å². The number of ether oxygens (including phenoxy) is 2. The highest BCUT2D eigenvalue weighted by molar-refractivity contribution is 5.80. The third-order valence-corrected chi connectivity index (χ3v) is 4.31. The zero-order valence-electron chi connectivity index (χ0n) is 14.4. The van der Waals surface area contributed by atoms with E-state index in [0.29, 0.717) is 28.9 Å². The number of hydrogen-bond donors (Lipinski definition) is 2. The Morgan fingerprint density at radius 1 is 1.27 bits per heavy atom. The molecule has 0 saturated carbocycles. The summed E-state index contributed by atoms with van der Waals surface area (Å²) in [5.41, 5.74) is 1.90. The Kier molecular flexibility index (Phi) is 4.79. The first-order valence-corrected chi connectivity index (χ1v) is 8.16. The molecule has 3 rings (SSSR count). The van der Waals surface area contributed by atoms with Crippen molar-refractivity contribution in [3.63, 3.8) is 0 Å². The molecule has 2 aromatic rings. The third kappa shape index (κ3) is 3.32. The first-order valence-electron chi connectivity index (χ1n) is 8.16. The maximum absolute atomic E-state index is 11.3. The summed E-state index contributed by atoms with van der Waals surface area (Å²) < 4.78 is 11.0. The van der Waals surface area contributed by atoms with Gasteiger partial charge in [0, 0.05) is 12.5 Å². The number of amides is 1. The second-order valence-electron chi connectivity index (χ2n) is 5.95. The summed E-state index contributed by atoms with van der Waals surface area (Å²) in [6.45, 7) is 1.87. The number of likely N-dealkylation sites (tertiary alicyclic amines) is 1. The van der Waals surface area contributed by atoms with Gasteiger partial charge in [0.2, 0.25) is 5.88 Å². The number of fused-ring (bicyclic) bond motifs is 1. The van der Waals surface area contributed by atoms with Gasteiger partial charge in [-0.25, -0.2) is 19.6 Å². The molecule has 1 aromatic heterocycles. The fourth-order valence-electron chi connectivity index (χ4n) is 2.99. The summed E-state index contributed by atoms with van der Waals surface area (Å²) >= 11 is 0. The lowest BCUT2D eigenvalue weighted by Crippen LogP contribution is -2.39. The van der Waals surface area contributed by atoms with Gasteiger partial charge in [0.05, 0.1) is 24.7 Å². The highest BCUT2D eigenvalue weighted by Gasteiger charge is 2.41. The van der Waals surface area contributed by atoms with Crippen molar-refractivity contribution in [2.24, 2.45) is 0 Å². The van der Waals surface area contributed by atoms with Crippen molar-refractivity contribution < 1.29 is 29.3 Å². The highest BCUT2D eigenvalue weighted by Crippen LogP contribution is 2.27. The Morgan fingerprint density at radius 3 is 2.62 bits per heavy atom. The van der Waals surface area contributed by atoms with Crippen LogP contribution in [-0.4, -0.2) is 62.9 Å². The standard InChI is InChI=1S/C17H19N3O6/c1-3-11-15(19-13-6-9(25-2)4-5-12(13)18-11)26-10-7-14(16(21)22)20(8-10)17(23)24/h4-6,10,14H,3,7-8H2,1-2H3,(H,21,22)(H,23,24)/t10-,14-/m1/s1. The van der Waals surface area contributed by atoms with Crippen LogP contribution in [0.25, 0.3) is 11.0 Å². The van der Waals surface area contributed by atoms with E-state index in [1.165, 1.54) is 0 Å². The minimum atomic E-state index is -1.28. The number of carboxylic acids is 1. The number of methoxy groups -OCH3 is 1. The molecule has 0 aliphatic carbocycles. The van der Waals surface area contributed by atoms with Crippen LogP contribution in [0.2, 0.25) is 0 Å². The number of aromatic nitrogens is 2. The van der Waals surface area contributed by atoms with Gasteiger partial charge in [-0.2, -0.15) is 0 Å². The van der Waals surface area contributed by atoms with E-state index in [0.717, 1.165) is 4.90 Å². The molecule has 0 spiro atoms. The zero-order chi connectivity index (χ0) is 18.8. The number of carboxylic acid groups (broad SMARTS) is 2. The number of rotatable bonds is 5. The molecule has 138 valence electrons. The molecule has 0 bridgehead atoms. The van der Waals surface area contributed by atoms with Crippen molar-refractivity contribution in [1.29, 1.82) is 0 Å². The van der Waals surface area contributed by atoms with E-state index < -0.39 is 24.2 Å². The average molecular weight is 361 g/mol. The molecule has 9 heteroatoms. The van der Waals surface area contributed by atoms with Crippen molar-refractivity contribution in [2.75, 3.05) is 13.7 Å². The predicted molar refractivity (Wildman–Crippen MR) is 90.7 cm³/mol. The number of hydrogen-bond acceptors (Lipinski definition) is 6.